The van der Waals surface area contributed by atoms with Gasteiger partial charge < -0.3 is 54.7 Å². The van der Waals surface area contributed by atoms with Gasteiger partial charge in [0.25, 0.3) is 0 Å². The molecule has 2 aliphatic heterocycles. The zero-order valence-electron chi connectivity index (χ0n) is 25.0. The Hall–Kier alpha value is -0.440. The van der Waals surface area contributed by atoms with Gasteiger partial charge in [0.2, 0.25) is 0 Å². The largest absolute Gasteiger partial charge is 0.394 e. The van der Waals surface area contributed by atoms with Gasteiger partial charge in [0, 0.05) is 6.61 Å². The van der Waals surface area contributed by atoms with Gasteiger partial charge in [0.1, 0.15) is 48.8 Å². The molecule has 10 atom stereocenters. The molecule has 2 aliphatic rings. The molecular formula is C30H58O11. The van der Waals surface area contributed by atoms with Crippen LogP contribution in [0.15, 0.2) is 0 Å². The van der Waals surface area contributed by atoms with Crippen molar-refractivity contribution in [3.05, 3.63) is 0 Å². The van der Waals surface area contributed by atoms with E-state index in [1.54, 1.807) is 0 Å². The predicted molar refractivity (Wildman–Crippen MR) is 152 cm³/mol. The summed E-state index contributed by atoms with van der Waals surface area (Å²) < 4.78 is 22.0. The standard InChI is InChI=1S/C30H58O11/c1-2-3-4-5-6-7-8-9-10-11-12-13-14-15-16-17-18-38-29-27(36)26(35)24(33)22(41-29)20-39-30-28(37)25(34)23(32)21(19-31)40-30/h21-37H,2-20H2,1H3/t21-,22-,23-,24-,25+,26+,27-,28-,29+,30+/m1/s1. The first kappa shape index (κ1) is 36.8. The number of rotatable bonds is 22. The third-order valence-electron chi connectivity index (χ3n) is 8.22. The molecule has 11 heteroatoms. The molecule has 2 heterocycles. The van der Waals surface area contributed by atoms with Crippen molar-refractivity contribution in [3.63, 3.8) is 0 Å². The third-order valence-corrected chi connectivity index (χ3v) is 8.22. The summed E-state index contributed by atoms with van der Waals surface area (Å²) in [5, 5.41) is 70.1. The zero-order chi connectivity index (χ0) is 30.0. The van der Waals surface area contributed by atoms with Crippen molar-refractivity contribution >= 4 is 0 Å². The lowest BCUT2D eigenvalue weighted by atomic mass is 9.98. The van der Waals surface area contributed by atoms with Crippen LogP contribution in [0.3, 0.4) is 0 Å². The van der Waals surface area contributed by atoms with Crippen molar-refractivity contribution in [2.24, 2.45) is 0 Å². The van der Waals surface area contributed by atoms with E-state index in [2.05, 4.69) is 6.92 Å². The second-order valence-corrected chi connectivity index (χ2v) is 11.7. The van der Waals surface area contributed by atoms with Crippen LogP contribution in [0.1, 0.15) is 110 Å². The molecule has 0 radical (unpaired) electrons. The molecule has 7 N–H and O–H groups in total. The number of hydrogen-bond acceptors (Lipinski definition) is 11. The SMILES string of the molecule is CCCCCCCCCCCCCCCCCCO[C@H]1O[C@H](CO[C@H]2O[C@H](CO)[C@@H](O)[C@H](O)[C@H]2O)[C@@H](O)[C@H](O)[C@H]1O. The average Bonchev–Trinajstić information content (AvgIpc) is 2.97. The summed E-state index contributed by atoms with van der Waals surface area (Å²) in [5.41, 5.74) is 0. The molecule has 0 aromatic rings. The van der Waals surface area contributed by atoms with E-state index in [9.17, 15) is 35.7 Å². The first-order valence-electron chi connectivity index (χ1n) is 16.0. The summed E-state index contributed by atoms with van der Waals surface area (Å²) in [6, 6.07) is 0. The number of unbranched alkanes of at least 4 members (excludes halogenated alkanes) is 15. The summed E-state index contributed by atoms with van der Waals surface area (Å²) in [7, 11) is 0. The minimum atomic E-state index is -1.61. The van der Waals surface area contributed by atoms with Crippen molar-refractivity contribution in [1.82, 2.24) is 0 Å². The molecule has 0 spiro atoms. The van der Waals surface area contributed by atoms with Crippen LogP contribution < -0.4 is 0 Å². The van der Waals surface area contributed by atoms with Crippen LogP contribution in [-0.2, 0) is 18.9 Å². The average molecular weight is 595 g/mol. The van der Waals surface area contributed by atoms with Gasteiger partial charge in [-0.2, -0.15) is 0 Å². The van der Waals surface area contributed by atoms with Crippen LogP contribution in [0.2, 0.25) is 0 Å². The van der Waals surface area contributed by atoms with Crippen LogP contribution >= 0.6 is 0 Å². The van der Waals surface area contributed by atoms with E-state index in [4.69, 9.17) is 18.9 Å². The van der Waals surface area contributed by atoms with Gasteiger partial charge in [-0.05, 0) is 6.42 Å². The van der Waals surface area contributed by atoms with Crippen molar-refractivity contribution in [2.75, 3.05) is 19.8 Å². The zero-order valence-corrected chi connectivity index (χ0v) is 25.0. The second kappa shape index (κ2) is 21.3. The van der Waals surface area contributed by atoms with Gasteiger partial charge in [-0.25, -0.2) is 0 Å². The van der Waals surface area contributed by atoms with E-state index < -0.39 is 68.0 Å². The predicted octanol–water partition coefficient (Wildman–Crippen LogP) is 1.89. The smallest absolute Gasteiger partial charge is 0.186 e. The highest BCUT2D eigenvalue weighted by molar-refractivity contribution is 4.91. The molecule has 41 heavy (non-hydrogen) atoms. The van der Waals surface area contributed by atoms with E-state index in [-0.39, 0.29) is 6.61 Å². The number of aliphatic hydroxyl groups excluding tert-OH is 7. The van der Waals surface area contributed by atoms with Gasteiger partial charge in [-0.3, -0.25) is 0 Å². The summed E-state index contributed by atoms with van der Waals surface area (Å²) in [6.07, 6.45) is 6.10. The molecule has 2 rings (SSSR count). The van der Waals surface area contributed by atoms with Gasteiger partial charge in [-0.15, -0.1) is 0 Å². The minimum Gasteiger partial charge on any atom is -0.394 e. The Morgan fingerprint density at radius 1 is 0.463 bits per heavy atom. The Morgan fingerprint density at radius 2 is 0.854 bits per heavy atom. The van der Waals surface area contributed by atoms with Gasteiger partial charge in [0.05, 0.1) is 13.2 Å². The summed E-state index contributed by atoms with van der Waals surface area (Å²) in [4.78, 5) is 0. The fraction of sp³-hybridized carbons (Fsp3) is 1.00. The first-order valence-corrected chi connectivity index (χ1v) is 16.0. The maximum Gasteiger partial charge on any atom is 0.186 e. The first-order chi connectivity index (χ1) is 19.8. The summed E-state index contributed by atoms with van der Waals surface area (Å²) in [6.45, 7) is 1.60. The Labute approximate surface area is 245 Å². The molecular weight excluding hydrogens is 536 g/mol. The van der Waals surface area contributed by atoms with Crippen molar-refractivity contribution in [2.45, 2.75) is 171 Å². The monoisotopic (exact) mass is 594 g/mol. The van der Waals surface area contributed by atoms with Crippen LogP contribution in [0.5, 0.6) is 0 Å². The molecule has 2 saturated heterocycles. The fourth-order valence-electron chi connectivity index (χ4n) is 5.44. The van der Waals surface area contributed by atoms with Crippen LogP contribution in [0.4, 0.5) is 0 Å². The molecule has 0 aromatic carbocycles. The highest BCUT2D eigenvalue weighted by Crippen LogP contribution is 2.26. The van der Waals surface area contributed by atoms with Gasteiger partial charge in [0.15, 0.2) is 12.6 Å². The van der Waals surface area contributed by atoms with Gasteiger partial charge in [-0.1, -0.05) is 103 Å². The number of ether oxygens (including phenoxy) is 4. The number of hydrogen-bond donors (Lipinski definition) is 7. The topological polar surface area (TPSA) is 179 Å². The minimum absolute atomic E-state index is 0.323. The molecule has 0 bridgehead atoms. The molecule has 11 nitrogen and oxygen atoms in total. The second-order valence-electron chi connectivity index (χ2n) is 11.7. The molecule has 2 fully saturated rings. The quantitative estimate of drug-likeness (QED) is 0.0910. The van der Waals surface area contributed by atoms with Crippen molar-refractivity contribution in [3.8, 4) is 0 Å². The Morgan fingerprint density at radius 3 is 1.32 bits per heavy atom. The maximum absolute atomic E-state index is 10.3. The van der Waals surface area contributed by atoms with E-state index in [1.165, 1.54) is 83.5 Å². The normalized spacial score (nSPS) is 34.2. The Bertz CT molecular complexity index is 640. The van der Waals surface area contributed by atoms with E-state index >= 15 is 0 Å². The van der Waals surface area contributed by atoms with E-state index in [0.29, 0.717) is 6.61 Å². The summed E-state index contributed by atoms with van der Waals surface area (Å²) in [5.74, 6) is 0. The van der Waals surface area contributed by atoms with Gasteiger partial charge >= 0.3 is 0 Å². The lowest BCUT2D eigenvalue weighted by Crippen LogP contribution is -2.61. The van der Waals surface area contributed by atoms with Crippen LogP contribution in [0.25, 0.3) is 0 Å². The van der Waals surface area contributed by atoms with Crippen molar-refractivity contribution < 1.29 is 54.7 Å². The molecule has 0 aliphatic carbocycles. The summed E-state index contributed by atoms with van der Waals surface area (Å²) >= 11 is 0. The van der Waals surface area contributed by atoms with Crippen LogP contribution in [0, 0.1) is 0 Å². The molecule has 0 saturated carbocycles. The van der Waals surface area contributed by atoms with E-state index in [0.717, 1.165) is 19.3 Å². The highest BCUT2D eigenvalue weighted by atomic mass is 16.7. The maximum atomic E-state index is 10.3. The Balaban J connectivity index is 1.54. The molecule has 0 unspecified atom stereocenters. The van der Waals surface area contributed by atoms with Crippen molar-refractivity contribution in [1.29, 1.82) is 0 Å². The molecule has 244 valence electrons. The molecule has 0 amide bonds. The third kappa shape index (κ3) is 13.0. The lowest BCUT2D eigenvalue weighted by molar-refractivity contribution is -0.331. The van der Waals surface area contributed by atoms with E-state index in [1.807, 2.05) is 0 Å². The lowest BCUT2D eigenvalue weighted by Gasteiger charge is -2.42. The highest BCUT2D eigenvalue weighted by Gasteiger charge is 2.47. The van der Waals surface area contributed by atoms with Crippen LogP contribution in [-0.4, -0.2) is 117 Å². The molecule has 0 aromatic heterocycles. The fourth-order valence-corrected chi connectivity index (χ4v) is 5.44. The number of aliphatic hydroxyl groups is 7. The Kier molecular flexibility index (Phi) is 19.1.